The minimum absolute atomic E-state index is 0.0355. The molecule has 18 heavy (non-hydrogen) atoms. The Labute approximate surface area is 112 Å². The number of hydrogen-bond donors (Lipinski definition) is 0. The summed E-state index contributed by atoms with van der Waals surface area (Å²) >= 11 is 0. The quantitative estimate of drug-likeness (QED) is 0.688. The average Bonchev–Trinajstić information content (AvgIpc) is 2.39. The highest BCUT2D eigenvalue weighted by atomic mass is 15.1. The van der Waals surface area contributed by atoms with Crippen LogP contribution in [-0.2, 0) is 0 Å². The van der Waals surface area contributed by atoms with Gasteiger partial charge in [-0.25, -0.2) is 0 Å². The van der Waals surface area contributed by atoms with Crippen LogP contribution in [0.25, 0.3) is 0 Å². The maximum atomic E-state index is 9.37. The van der Waals surface area contributed by atoms with Crippen LogP contribution in [-0.4, -0.2) is 24.5 Å². The van der Waals surface area contributed by atoms with Crippen LogP contribution in [0.15, 0.2) is 23.8 Å². The van der Waals surface area contributed by atoms with Crippen LogP contribution in [0.3, 0.4) is 0 Å². The van der Waals surface area contributed by atoms with Crippen LogP contribution >= 0.6 is 0 Å². The Morgan fingerprint density at radius 1 is 1.39 bits per heavy atom. The molecule has 0 aliphatic carbocycles. The van der Waals surface area contributed by atoms with Crippen LogP contribution in [0, 0.1) is 16.7 Å². The molecule has 1 aliphatic heterocycles. The molecule has 0 radical (unpaired) electrons. The fourth-order valence-corrected chi connectivity index (χ4v) is 2.70. The van der Waals surface area contributed by atoms with Gasteiger partial charge in [0.1, 0.15) is 0 Å². The van der Waals surface area contributed by atoms with Crippen LogP contribution < -0.4 is 0 Å². The van der Waals surface area contributed by atoms with Crippen LogP contribution in [0.5, 0.6) is 0 Å². The third kappa shape index (κ3) is 4.31. The molecule has 1 aliphatic rings. The fraction of sp³-hybridized carbons (Fsp3) is 0.688. The third-order valence-electron chi connectivity index (χ3n) is 3.83. The van der Waals surface area contributed by atoms with Gasteiger partial charge in [0.15, 0.2) is 0 Å². The van der Waals surface area contributed by atoms with Gasteiger partial charge in [-0.3, -0.25) is 4.90 Å². The summed E-state index contributed by atoms with van der Waals surface area (Å²) in [4.78, 5) is 2.47. The van der Waals surface area contributed by atoms with Gasteiger partial charge in [-0.2, -0.15) is 5.26 Å². The Morgan fingerprint density at radius 3 is 2.56 bits per heavy atom. The van der Waals surface area contributed by atoms with E-state index in [4.69, 9.17) is 0 Å². The van der Waals surface area contributed by atoms with Crippen molar-refractivity contribution in [1.29, 1.82) is 5.26 Å². The van der Waals surface area contributed by atoms with E-state index in [1.54, 1.807) is 0 Å². The van der Waals surface area contributed by atoms with E-state index >= 15 is 0 Å². The van der Waals surface area contributed by atoms with Crippen molar-refractivity contribution in [2.45, 2.75) is 46.5 Å². The lowest BCUT2D eigenvalue weighted by molar-refractivity contribution is 0.146. The molecule has 1 saturated heterocycles. The molecular weight excluding hydrogens is 220 g/mol. The molecule has 1 rings (SSSR count). The molecule has 0 aromatic heterocycles. The van der Waals surface area contributed by atoms with Gasteiger partial charge in [0, 0.05) is 6.54 Å². The van der Waals surface area contributed by atoms with Crippen molar-refractivity contribution in [3.05, 3.63) is 23.8 Å². The molecule has 1 heterocycles. The number of allylic oxidation sites excluding steroid dienone is 3. The summed E-state index contributed by atoms with van der Waals surface area (Å²) in [6, 6.07) is 2.57. The van der Waals surface area contributed by atoms with E-state index in [-0.39, 0.29) is 5.41 Å². The SMILES string of the molecule is C/C=C\C=C(/C)CN1CCC(C#N)(CCC)CC1. The predicted octanol–water partition coefficient (Wildman–Crippen LogP) is 3.91. The minimum Gasteiger partial charge on any atom is -0.299 e. The molecule has 0 saturated carbocycles. The summed E-state index contributed by atoms with van der Waals surface area (Å²) in [7, 11) is 0. The molecule has 0 aromatic carbocycles. The number of nitrogens with zero attached hydrogens (tertiary/aromatic N) is 2. The minimum atomic E-state index is -0.0355. The smallest absolute Gasteiger partial charge is 0.0690 e. The van der Waals surface area contributed by atoms with Gasteiger partial charge in [0.2, 0.25) is 0 Å². The van der Waals surface area contributed by atoms with Crippen molar-refractivity contribution in [2.24, 2.45) is 5.41 Å². The first-order chi connectivity index (χ1) is 8.65. The molecule has 100 valence electrons. The lowest BCUT2D eigenvalue weighted by atomic mass is 9.76. The van der Waals surface area contributed by atoms with Gasteiger partial charge in [-0.15, -0.1) is 0 Å². The lowest BCUT2D eigenvalue weighted by Gasteiger charge is -2.37. The molecule has 0 atom stereocenters. The molecule has 0 bridgehead atoms. The number of rotatable bonds is 5. The zero-order chi connectivity index (χ0) is 13.4. The first-order valence-electron chi connectivity index (χ1n) is 7.08. The maximum absolute atomic E-state index is 9.37. The summed E-state index contributed by atoms with van der Waals surface area (Å²) < 4.78 is 0. The van der Waals surface area contributed by atoms with Crippen molar-refractivity contribution in [3.63, 3.8) is 0 Å². The summed E-state index contributed by atoms with van der Waals surface area (Å²) in [5.41, 5.74) is 1.36. The summed E-state index contributed by atoms with van der Waals surface area (Å²) in [6.07, 6.45) is 10.6. The van der Waals surface area contributed by atoms with E-state index in [0.717, 1.165) is 45.3 Å². The highest BCUT2D eigenvalue weighted by Crippen LogP contribution is 2.35. The number of hydrogen-bond acceptors (Lipinski definition) is 2. The van der Waals surface area contributed by atoms with Gasteiger partial charge < -0.3 is 0 Å². The Morgan fingerprint density at radius 2 is 2.06 bits per heavy atom. The largest absolute Gasteiger partial charge is 0.299 e. The monoisotopic (exact) mass is 246 g/mol. The fourth-order valence-electron chi connectivity index (χ4n) is 2.70. The zero-order valence-corrected chi connectivity index (χ0v) is 12.1. The molecule has 0 spiro atoms. The predicted molar refractivity (Wildman–Crippen MR) is 77.2 cm³/mol. The molecule has 2 heteroatoms. The van der Waals surface area contributed by atoms with E-state index in [9.17, 15) is 5.26 Å². The van der Waals surface area contributed by atoms with Gasteiger partial charge in [0.05, 0.1) is 11.5 Å². The second-order valence-electron chi connectivity index (χ2n) is 5.46. The second-order valence-corrected chi connectivity index (χ2v) is 5.46. The van der Waals surface area contributed by atoms with E-state index < -0.39 is 0 Å². The molecule has 0 unspecified atom stereocenters. The zero-order valence-electron chi connectivity index (χ0n) is 12.1. The highest BCUT2D eigenvalue weighted by molar-refractivity contribution is 5.12. The second kappa shape index (κ2) is 7.38. The normalized spacial score (nSPS) is 21.1. The van der Waals surface area contributed by atoms with Crippen molar-refractivity contribution < 1.29 is 0 Å². The highest BCUT2D eigenvalue weighted by Gasteiger charge is 2.33. The van der Waals surface area contributed by atoms with Crippen molar-refractivity contribution in [2.75, 3.05) is 19.6 Å². The number of piperidine rings is 1. The Kier molecular flexibility index (Phi) is 6.15. The molecule has 0 aromatic rings. The first kappa shape index (κ1) is 15.0. The van der Waals surface area contributed by atoms with Gasteiger partial charge >= 0.3 is 0 Å². The number of nitriles is 1. The van der Waals surface area contributed by atoms with Crippen molar-refractivity contribution >= 4 is 0 Å². The summed E-state index contributed by atoms with van der Waals surface area (Å²) in [5, 5.41) is 9.37. The van der Waals surface area contributed by atoms with E-state index in [2.05, 4.69) is 43.0 Å². The van der Waals surface area contributed by atoms with Crippen molar-refractivity contribution in [1.82, 2.24) is 4.90 Å². The number of likely N-dealkylation sites (tertiary alicyclic amines) is 1. The molecule has 0 amide bonds. The molecule has 2 nitrogen and oxygen atoms in total. The standard InChI is InChI=1S/C16H26N2/c1-4-6-7-15(3)13-18-11-9-16(14-17,8-5-2)10-12-18/h4,6-7H,5,8-13H2,1-3H3/b6-4-,15-7+. The average molecular weight is 246 g/mol. The molecule has 0 N–H and O–H groups in total. The van der Waals surface area contributed by atoms with E-state index in [0.29, 0.717) is 0 Å². The summed E-state index contributed by atoms with van der Waals surface area (Å²) in [6.45, 7) is 9.56. The molecular formula is C16H26N2. The Balaban J connectivity index is 2.46. The Bertz CT molecular complexity index is 339. The first-order valence-corrected chi connectivity index (χ1v) is 7.08. The lowest BCUT2D eigenvalue weighted by Crippen LogP contribution is -2.40. The van der Waals surface area contributed by atoms with E-state index in [1.807, 2.05) is 6.92 Å². The van der Waals surface area contributed by atoms with Gasteiger partial charge in [0.25, 0.3) is 0 Å². The molecule has 1 fully saturated rings. The van der Waals surface area contributed by atoms with Crippen LogP contribution in [0.2, 0.25) is 0 Å². The van der Waals surface area contributed by atoms with Gasteiger partial charge in [-0.05, 0) is 46.2 Å². The van der Waals surface area contributed by atoms with Gasteiger partial charge in [-0.1, -0.05) is 37.1 Å². The van der Waals surface area contributed by atoms with Crippen LogP contribution in [0.1, 0.15) is 46.5 Å². The van der Waals surface area contributed by atoms with Crippen molar-refractivity contribution in [3.8, 4) is 6.07 Å². The third-order valence-corrected chi connectivity index (χ3v) is 3.83. The van der Waals surface area contributed by atoms with E-state index in [1.165, 1.54) is 5.57 Å². The summed E-state index contributed by atoms with van der Waals surface area (Å²) in [5.74, 6) is 0. The topological polar surface area (TPSA) is 27.0 Å². The van der Waals surface area contributed by atoms with Crippen LogP contribution in [0.4, 0.5) is 0 Å². The maximum Gasteiger partial charge on any atom is 0.0690 e. The Hall–Kier alpha value is -1.07.